The van der Waals surface area contributed by atoms with E-state index in [0.717, 1.165) is 18.4 Å². The van der Waals surface area contributed by atoms with Crippen LogP contribution in [0.4, 0.5) is 0 Å². The van der Waals surface area contributed by atoms with Crippen molar-refractivity contribution in [3.63, 3.8) is 0 Å². The zero-order valence-electron chi connectivity index (χ0n) is 13.0. The Hall–Kier alpha value is -2.96. The zero-order chi connectivity index (χ0) is 16.4. The fraction of sp³-hybridized carbons (Fsp3) is 0.294. The maximum atomic E-state index is 12.4. The Morgan fingerprint density at radius 2 is 2.25 bits per heavy atom. The van der Waals surface area contributed by atoms with Crippen LogP contribution in [0.25, 0.3) is 11.4 Å². The summed E-state index contributed by atoms with van der Waals surface area (Å²) in [7, 11) is 0. The number of likely N-dealkylation sites (tertiary alicyclic amines) is 1. The van der Waals surface area contributed by atoms with Gasteiger partial charge >= 0.3 is 0 Å². The average molecular weight is 324 g/mol. The van der Waals surface area contributed by atoms with E-state index < -0.39 is 0 Å². The van der Waals surface area contributed by atoms with Crippen molar-refractivity contribution in [2.75, 3.05) is 13.1 Å². The lowest BCUT2D eigenvalue weighted by atomic mass is 9.97. The molecule has 1 fully saturated rings. The largest absolute Gasteiger partial charge is 0.459 e. The van der Waals surface area contributed by atoms with Gasteiger partial charge in [0.2, 0.25) is 11.7 Å². The highest BCUT2D eigenvalue weighted by molar-refractivity contribution is 5.91. The van der Waals surface area contributed by atoms with Gasteiger partial charge in [-0.1, -0.05) is 5.16 Å². The van der Waals surface area contributed by atoms with E-state index in [1.807, 2.05) is 12.1 Å². The molecule has 0 saturated carbocycles. The number of carbonyl (C=O) groups is 1. The SMILES string of the molecule is O=C(c1ccco1)N1CCCC(c2nc(-c3cccnc3)no2)C1. The molecule has 4 heterocycles. The zero-order valence-corrected chi connectivity index (χ0v) is 13.0. The van der Waals surface area contributed by atoms with Crippen LogP contribution in [0.2, 0.25) is 0 Å². The van der Waals surface area contributed by atoms with E-state index in [2.05, 4.69) is 15.1 Å². The minimum atomic E-state index is -0.100. The van der Waals surface area contributed by atoms with E-state index in [-0.39, 0.29) is 11.8 Å². The van der Waals surface area contributed by atoms with Crippen molar-refractivity contribution in [3.8, 4) is 11.4 Å². The van der Waals surface area contributed by atoms with Crippen molar-refractivity contribution in [2.45, 2.75) is 18.8 Å². The highest BCUT2D eigenvalue weighted by Crippen LogP contribution is 2.28. The fourth-order valence-corrected chi connectivity index (χ4v) is 2.93. The third kappa shape index (κ3) is 2.80. The summed E-state index contributed by atoms with van der Waals surface area (Å²) in [5.41, 5.74) is 0.812. The molecule has 1 atom stereocenters. The Morgan fingerprint density at radius 1 is 1.29 bits per heavy atom. The van der Waals surface area contributed by atoms with Crippen molar-refractivity contribution in [3.05, 3.63) is 54.6 Å². The molecule has 3 aromatic rings. The summed E-state index contributed by atoms with van der Waals surface area (Å²) in [6.45, 7) is 1.26. The van der Waals surface area contributed by atoms with Crippen molar-refractivity contribution in [1.82, 2.24) is 20.0 Å². The van der Waals surface area contributed by atoms with Gasteiger partial charge in [0.15, 0.2) is 5.76 Å². The fourth-order valence-electron chi connectivity index (χ4n) is 2.93. The molecule has 1 aliphatic heterocycles. The minimum Gasteiger partial charge on any atom is -0.459 e. The summed E-state index contributed by atoms with van der Waals surface area (Å²) in [5.74, 6) is 1.38. The van der Waals surface area contributed by atoms with Crippen molar-refractivity contribution in [2.24, 2.45) is 0 Å². The predicted octanol–water partition coefficient (Wildman–Crippen LogP) is 2.74. The monoisotopic (exact) mass is 324 g/mol. The molecule has 1 unspecified atom stereocenters. The summed E-state index contributed by atoms with van der Waals surface area (Å²) in [4.78, 5) is 22.7. The van der Waals surface area contributed by atoms with E-state index in [1.165, 1.54) is 6.26 Å². The molecular formula is C17H16N4O3. The van der Waals surface area contributed by atoms with Gasteiger partial charge in [-0.2, -0.15) is 4.98 Å². The van der Waals surface area contributed by atoms with Crippen molar-refractivity contribution in [1.29, 1.82) is 0 Å². The van der Waals surface area contributed by atoms with Crippen molar-refractivity contribution >= 4 is 5.91 Å². The van der Waals surface area contributed by atoms with Crippen LogP contribution in [0.15, 0.2) is 51.9 Å². The van der Waals surface area contributed by atoms with Gasteiger partial charge in [0.1, 0.15) is 0 Å². The van der Waals surface area contributed by atoms with Crippen molar-refractivity contribution < 1.29 is 13.7 Å². The molecule has 1 amide bonds. The standard InChI is InChI=1S/C17H16N4O3/c22-17(14-6-3-9-23-14)21-8-2-5-13(11-21)16-19-15(20-24-16)12-4-1-7-18-10-12/h1,3-4,6-7,9-10,13H,2,5,8,11H2. The van der Waals surface area contributed by atoms with E-state index in [0.29, 0.717) is 30.6 Å². The lowest BCUT2D eigenvalue weighted by Gasteiger charge is -2.30. The lowest BCUT2D eigenvalue weighted by molar-refractivity contribution is 0.0663. The summed E-state index contributed by atoms with van der Waals surface area (Å²) in [5, 5.41) is 4.03. The highest BCUT2D eigenvalue weighted by Gasteiger charge is 2.30. The van der Waals surface area contributed by atoms with Crippen LogP contribution >= 0.6 is 0 Å². The average Bonchev–Trinajstić information content (AvgIpc) is 3.34. The van der Waals surface area contributed by atoms with Crippen LogP contribution in [-0.4, -0.2) is 39.0 Å². The summed E-state index contributed by atoms with van der Waals surface area (Å²) in [6, 6.07) is 7.11. The van der Waals surface area contributed by atoms with Crippen LogP contribution < -0.4 is 0 Å². The molecular weight excluding hydrogens is 308 g/mol. The van der Waals surface area contributed by atoms with Gasteiger partial charge in [-0.05, 0) is 37.1 Å². The number of hydrogen-bond acceptors (Lipinski definition) is 6. The van der Waals surface area contributed by atoms with Crippen LogP contribution in [0, 0.1) is 0 Å². The quantitative estimate of drug-likeness (QED) is 0.736. The molecule has 122 valence electrons. The minimum absolute atomic E-state index is 0.0376. The Labute approximate surface area is 138 Å². The molecule has 24 heavy (non-hydrogen) atoms. The maximum absolute atomic E-state index is 12.4. The number of rotatable bonds is 3. The van der Waals surface area contributed by atoms with Gasteiger partial charge in [-0.25, -0.2) is 0 Å². The first-order valence-electron chi connectivity index (χ1n) is 7.88. The molecule has 1 saturated heterocycles. The van der Waals surface area contributed by atoms with Crippen LogP contribution in [0.1, 0.15) is 35.2 Å². The first-order chi connectivity index (χ1) is 11.8. The molecule has 3 aromatic heterocycles. The molecule has 0 bridgehead atoms. The number of aromatic nitrogens is 3. The van der Waals surface area contributed by atoms with Gasteiger partial charge in [-0.3, -0.25) is 9.78 Å². The second-order valence-corrected chi connectivity index (χ2v) is 5.77. The first-order valence-corrected chi connectivity index (χ1v) is 7.88. The number of furan rings is 1. The summed E-state index contributed by atoms with van der Waals surface area (Å²) < 4.78 is 10.6. The number of hydrogen-bond donors (Lipinski definition) is 0. The topological polar surface area (TPSA) is 85.3 Å². The van der Waals surface area contributed by atoms with Gasteiger partial charge < -0.3 is 13.8 Å². The number of piperidine rings is 1. The van der Waals surface area contributed by atoms with Crippen LogP contribution in [-0.2, 0) is 0 Å². The molecule has 0 N–H and O–H groups in total. The van der Waals surface area contributed by atoms with E-state index >= 15 is 0 Å². The third-order valence-electron chi connectivity index (χ3n) is 4.15. The second-order valence-electron chi connectivity index (χ2n) is 5.77. The highest BCUT2D eigenvalue weighted by atomic mass is 16.5. The molecule has 7 nitrogen and oxygen atoms in total. The Bertz CT molecular complexity index is 814. The van der Waals surface area contributed by atoms with E-state index in [4.69, 9.17) is 8.94 Å². The van der Waals surface area contributed by atoms with Gasteiger partial charge in [0.05, 0.1) is 12.2 Å². The van der Waals surface area contributed by atoms with Crippen LogP contribution in [0.3, 0.4) is 0 Å². The van der Waals surface area contributed by atoms with Crippen LogP contribution in [0.5, 0.6) is 0 Å². The first kappa shape index (κ1) is 14.6. The van der Waals surface area contributed by atoms with E-state index in [1.54, 1.807) is 29.4 Å². The third-order valence-corrected chi connectivity index (χ3v) is 4.15. The number of amides is 1. The molecule has 4 rings (SSSR count). The summed E-state index contributed by atoms with van der Waals surface area (Å²) in [6.07, 6.45) is 6.71. The number of carbonyl (C=O) groups excluding carboxylic acids is 1. The number of nitrogens with zero attached hydrogens (tertiary/aromatic N) is 4. The van der Waals surface area contributed by atoms with E-state index in [9.17, 15) is 4.79 Å². The smallest absolute Gasteiger partial charge is 0.289 e. The Kier molecular flexibility index (Phi) is 3.82. The molecule has 0 aromatic carbocycles. The van der Waals surface area contributed by atoms with Gasteiger partial charge in [0, 0.05) is 31.0 Å². The lowest BCUT2D eigenvalue weighted by Crippen LogP contribution is -2.39. The van der Waals surface area contributed by atoms with Gasteiger partial charge in [-0.15, -0.1) is 0 Å². The Morgan fingerprint density at radius 3 is 3.04 bits per heavy atom. The number of pyridine rings is 1. The summed E-state index contributed by atoms with van der Waals surface area (Å²) >= 11 is 0. The maximum Gasteiger partial charge on any atom is 0.289 e. The van der Waals surface area contributed by atoms with Gasteiger partial charge in [0.25, 0.3) is 5.91 Å². The molecule has 0 aliphatic carbocycles. The molecule has 0 spiro atoms. The Balaban J connectivity index is 1.50. The molecule has 0 radical (unpaired) electrons. The molecule has 1 aliphatic rings. The molecule has 7 heteroatoms. The predicted molar refractivity (Wildman–Crippen MR) is 84.1 cm³/mol. The second kappa shape index (κ2) is 6.27. The normalized spacial score (nSPS) is 17.8.